The summed E-state index contributed by atoms with van der Waals surface area (Å²) in [6.45, 7) is 1.92. The first kappa shape index (κ1) is 15.1. The van der Waals surface area contributed by atoms with Gasteiger partial charge < -0.3 is 5.11 Å². The van der Waals surface area contributed by atoms with Gasteiger partial charge in [-0.1, -0.05) is 0 Å². The first-order chi connectivity index (χ1) is 8.92. The van der Waals surface area contributed by atoms with Crippen LogP contribution in [0.3, 0.4) is 0 Å². The van der Waals surface area contributed by atoms with E-state index >= 15 is 0 Å². The van der Waals surface area contributed by atoms with Crippen LogP contribution in [0.5, 0.6) is 0 Å². The molecule has 0 fully saturated rings. The van der Waals surface area contributed by atoms with Gasteiger partial charge in [0.05, 0.1) is 6.61 Å². The number of hydrogen-bond acceptors (Lipinski definition) is 5. The van der Waals surface area contributed by atoms with Crippen LogP contribution >= 0.6 is 38.6 Å². The van der Waals surface area contributed by atoms with Crippen LogP contribution in [0.2, 0.25) is 0 Å². The van der Waals surface area contributed by atoms with Gasteiger partial charge >= 0.3 is 0 Å². The van der Waals surface area contributed by atoms with Gasteiger partial charge in [-0.05, 0) is 40.5 Å². The maximum Gasteiger partial charge on any atom is 0.250 e. The summed E-state index contributed by atoms with van der Waals surface area (Å²) >= 11 is 5.92. The number of aliphatic hydroxyl groups is 1. The number of nitrogens with one attached hydrogen (secondary N) is 1. The van der Waals surface area contributed by atoms with Gasteiger partial charge in [0.25, 0.3) is 0 Å². The maximum atomic E-state index is 12.1. The smallest absolute Gasteiger partial charge is 0.250 e. The molecule has 4 nitrogen and oxygen atoms in total. The van der Waals surface area contributed by atoms with Crippen LogP contribution in [0.4, 0.5) is 0 Å². The summed E-state index contributed by atoms with van der Waals surface area (Å²) in [5.74, 6) is 0. The Bertz CT molecular complexity index is 675. The van der Waals surface area contributed by atoms with Crippen molar-refractivity contribution < 1.29 is 13.5 Å². The number of halogens is 1. The molecule has 0 saturated carbocycles. The number of thiophene rings is 2. The Labute approximate surface area is 128 Å². The average molecular weight is 382 g/mol. The fourth-order valence-corrected chi connectivity index (χ4v) is 5.44. The van der Waals surface area contributed by atoms with Gasteiger partial charge in [0, 0.05) is 26.2 Å². The molecule has 0 unspecified atom stereocenters. The lowest BCUT2D eigenvalue weighted by Gasteiger charge is -2.02. The Hall–Kier alpha value is -0.250. The van der Waals surface area contributed by atoms with Gasteiger partial charge in [-0.3, -0.25) is 0 Å². The SMILES string of the molecule is Cc1cc(S(=O)(=O)NCc2cc(Br)cs2)sc1CO. The molecule has 2 heterocycles. The summed E-state index contributed by atoms with van der Waals surface area (Å²) in [4.78, 5) is 1.62. The second kappa shape index (κ2) is 6.02. The molecular formula is C11H12BrNO3S3. The highest BCUT2D eigenvalue weighted by Gasteiger charge is 2.18. The van der Waals surface area contributed by atoms with Crippen molar-refractivity contribution in [2.45, 2.75) is 24.3 Å². The van der Waals surface area contributed by atoms with E-state index in [9.17, 15) is 8.42 Å². The average Bonchev–Trinajstić information content (AvgIpc) is 2.93. The zero-order valence-electron chi connectivity index (χ0n) is 10.0. The van der Waals surface area contributed by atoms with Crippen molar-refractivity contribution >= 4 is 48.6 Å². The van der Waals surface area contributed by atoms with Crippen molar-refractivity contribution in [3.63, 3.8) is 0 Å². The Balaban J connectivity index is 2.13. The van der Waals surface area contributed by atoms with Crippen LogP contribution in [0.25, 0.3) is 0 Å². The van der Waals surface area contributed by atoms with Gasteiger partial charge in [-0.2, -0.15) is 0 Å². The fourth-order valence-electron chi connectivity index (χ4n) is 1.46. The molecule has 19 heavy (non-hydrogen) atoms. The molecule has 2 aromatic heterocycles. The van der Waals surface area contributed by atoms with Crippen LogP contribution in [0.15, 0.2) is 26.2 Å². The van der Waals surface area contributed by atoms with E-state index in [2.05, 4.69) is 20.7 Å². The highest BCUT2D eigenvalue weighted by molar-refractivity contribution is 9.10. The third-order valence-corrected chi connectivity index (χ3v) is 7.26. The number of aryl methyl sites for hydroxylation is 1. The van der Waals surface area contributed by atoms with Gasteiger partial charge in [-0.25, -0.2) is 13.1 Å². The Morgan fingerprint density at radius 1 is 1.42 bits per heavy atom. The second-order valence-electron chi connectivity index (χ2n) is 3.89. The van der Waals surface area contributed by atoms with Crippen LogP contribution in [0.1, 0.15) is 15.3 Å². The van der Waals surface area contributed by atoms with Gasteiger partial charge in [-0.15, -0.1) is 22.7 Å². The van der Waals surface area contributed by atoms with Crippen molar-refractivity contribution in [1.82, 2.24) is 4.72 Å². The van der Waals surface area contributed by atoms with E-state index in [-0.39, 0.29) is 17.4 Å². The van der Waals surface area contributed by atoms with Gasteiger partial charge in [0.15, 0.2) is 0 Å². The van der Waals surface area contributed by atoms with E-state index < -0.39 is 10.0 Å². The summed E-state index contributed by atoms with van der Waals surface area (Å²) in [5, 5.41) is 11.0. The highest BCUT2D eigenvalue weighted by atomic mass is 79.9. The number of aliphatic hydroxyl groups excluding tert-OH is 1. The minimum atomic E-state index is -3.51. The Kier molecular flexibility index (Phi) is 4.80. The zero-order chi connectivity index (χ0) is 14.0. The summed E-state index contributed by atoms with van der Waals surface area (Å²) in [7, 11) is -3.51. The number of sulfonamides is 1. The molecule has 0 spiro atoms. The molecule has 0 atom stereocenters. The highest BCUT2D eigenvalue weighted by Crippen LogP contribution is 2.26. The van der Waals surface area contributed by atoms with Crippen LogP contribution in [0, 0.1) is 6.92 Å². The number of rotatable bonds is 5. The van der Waals surface area contributed by atoms with E-state index in [0.717, 1.165) is 26.3 Å². The molecule has 0 bridgehead atoms. The lowest BCUT2D eigenvalue weighted by atomic mass is 10.3. The molecule has 0 aromatic carbocycles. The van der Waals surface area contributed by atoms with E-state index in [1.54, 1.807) is 13.0 Å². The predicted molar refractivity (Wildman–Crippen MR) is 81.0 cm³/mol. The van der Waals surface area contributed by atoms with Crippen LogP contribution in [-0.2, 0) is 23.2 Å². The van der Waals surface area contributed by atoms with Crippen LogP contribution in [-0.4, -0.2) is 13.5 Å². The molecule has 0 amide bonds. The maximum absolute atomic E-state index is 12.1. The van der Waals surface area contributed by atoms with Crippen molar-refractivity contribution in [1.29, 1.82) is 0 Å². The Morgan fingerprint density at radius 2 is 2.16 bits per heavy atom. The lowest BCUT2D eigenvalue weighted by molar-refractivity contribution is 0.285. The normalized spacial score (nSPS) is 11.9. The van der Waals surface area contributed by atoms with E-state index in [0.29, 0.717) is 4.88 Å². The minimum absolute atomic E-state index is 0.135. The second-order valence-corrected chi connectivity index (χ2v) is 8.93. The van der Waals surface area contributed by atoms with E-state index in [1.807, 2.05) is 11.4 Å². The summed E-state index contributed by atoms with van der Waals surface area (Å²) in [6, 6.07) is 3.47. The molecule has 2 N–H and O–H groups in total. The lowest BCUT2D eigenvalue weighted by Crippen LogP contribution is -2.21. The molecule has 0 radical (unpaired) electrons. The molecule has 0 aliphatic heterocycles. The van der Waals surface area contributed by atoms with Crippen molar-refractivity contribution in [2.75, 3.05) is 0 Å². The summed E-state index contributed by atoms with van der Waals surface area (Å²) in [6.07, 6.45) is 0. The monoisotopic (exact) mass is 381 g/mol. The Morgan fingerprint density at radius 3 is 2.68 bits per heavy atom. The molecule has 2 aromatic rings. The molecule has 2 rings (SSSR count). The van der Waals surface area contributed by atoms with Crippen LogP contribution < -0.4 is 4.72 Å². The van der Waals surface area contributed by atoms with Crippen molar-refractivity contribution in [2.24, 2.45) is 0 Å². The van der Waals surface area contributed by atoms with Gasteiger partial charge in [0.2, 0.25) is 10.0 Å². The topological polar surface area (TPSA) is 66.4 Å². The summed E-state index contributed by atoms with van der Waals surface area (Å²) < 4.78 is 28.0. The first-order valence-electron chi connectivity index (χ1n) is 5.35. The van der Waals surface area contributed by atoms with Crippen molar-refractivity contribution in [3.8, 4) is 0 Å². The minimum Gasteiger partial charge on any atom is -0.391 e. The van der Waals surface area contributed by atoms with Gasteiger partial charge in [0.1, 0.15) is 4.21 Å². The third-order valence-electron chi connectivity index (χ3n) is 2.46. The van der Waals surface area contributed by atoms with E-state index in [4.69, 9.17) is 5.11 Å². The van der Waals surface area contributed by atoms with Crippen molar-refractivity contribution in [3.05, 3.63) is 37.3 Å². The molecule has 0 saturated heterocycles. The quantitative estimate of drug-likeness (QED) is 0.836. The van der Waals surface area contributed by atoms with E-state index in [1.165, 1.54) is 11.3 Å². The molecular weight excluding hydrogens is 370 g/mol. The fraction of sp³-hybridized carbons (Fsp3) is 0.273. The molecule has 0 aliphatic rings. The summed E-state index contributed by atoms with van der Waals surface area (Å²) in [5.41, 5.74) is 0.798. The molecule has 8 heteroatoms. The first-order valence-corrected chi connectivity index (χ1v) is 9.32. The number of hydrogen-bond donors (Lipinski definition) is 2. The molecule has 104 valence electrons. The largest absolute Gasteiger partial charge is 0.391 e. The predicted octanol–water partition coefficient (Wildman–Crippen LogP) is 2.85. The zero-order valence-corrected chi connectivity index (χ0v) is 14.0. The standard InChI is InChI=1S/C11H12BrNO3S3/c1-7-2-11(18-10(7)5-14)19(15,16)13-4-9-3-8(12)6-17-9/h2-3,6,13-14H,4-5H2,1H3. The molecule has 0 aliphatic carbocycles. The third kappa shape index (κ3) is 3.65.